The Bertz CT molecular complexity index is 509. The van der Waals surface area contributed by atoms with Crippen molar-refractivity contribution in [2.45, 2.75) is 11.4 Å². The maximum atomic E-state index is 4.62. The topological polar surface area (TPSA) is 37.8 Å². The fourth-order valence-corrected chi connectivity index (χ4v) is 3.05. The van der Waals surface area contributed by atoms with Crippen molar-refractivity contribution in [3.8, 4) is 0 Å². The average molecular weight is 245 g/mol. The number of hydrogen-bond donors (Lipinski definition) is 1. The molecule has 1 aliphatic rings. The third kappa shape index (κ3) is 2.58. The molecule has 1 aromatic heterocycles. The predicted octanol–water partition coefficient (Wildman–Crippen LogP) is 2.33. The molecule has 2 heterocycles. The summed E-state index contributed by atoms with van der Waals surface area (Å²) in [6, 6.07) is 8.02. The maximum absolute atomic E-state index is 4.62. The standard InChI is InChI=1S/C13H15N3S/c1-2-4-12-11(3-1)15-8-13(16-12)17-9-10-5-6-14-7-10/h1-4,8,10,14H,5-7,9H2/t10-/m1/s1. The molecule has 2 aromatic rings. The van der Waals surface area contributed by atoms with Crippen molar-refractivity contribution in [1.29, 1.82) is 0 Å². The van der Waals surface area contributed by atoms with Gasteiger partial charge in [-0.25, -0.2) is 4.98 Å². The van der Waals surface area contributed by atoms with E-state index in [0.29, 0.717) is 0 Å². The van der Waals surface area contributed by atoms with E-state index in [1.807, 2.05) is 42.2 Å². The van der Waals surface area contributed by atoms with Crippen molar-refractivity contribution in [3.05, 3.63) is 30.5 Å². The van der Waals surface area contributed by atoms with Gasteiger partial charge in [0.05, 0.1) is 17.2 Å². The summed E-state index contributed by atoms with van der Waals surface area (Å²) in [6.45, 7) is 2.31. The van der Waals surface area contributed by atoms with Crippen LogP contribution in [0, 0.1) is 5.92 Å². The highest BCUT2D eigenvalue weighted by Gasteiger charge is 2.14. The molecular formula is C13H15N3S. The average Bonchev–Trinajstić information content (AvgIpc) is 2.89. The Hall–Kier alpha value is -1.13. The van der Waals surface area contributed by atoms with Crippen molar-refractivity contribution in [3.63, 3.8) is 0 Å². The summed E-state index contributed by atoms with van der Waals surface area (Å²) in [6.07, 6.45) is 3.17. The van der Waals surface area contributed by atoms with Crippen LogP contribution in [-0.2, 0) is 0 Å². The Morgan fingerprint density at radius 3 is 3.00 bits per heavy atom. The zero-order valence-corrected chi connectivity index (χ0v) is 10.4. The molecule has 3 rings (SSSR count). The first-order chi connectivity index (χ1) is 8.42. The minimum atomic E-state index is 0.785. The van der Waals surface area contributed by atoms with Crippen LogP contribution in [0.15, 0.2) is 35.5 Å². The first-order valence-corrected chi connectivity index (χ1v) is 6.96. The van der Waals surface area contributed by atoms with Gasteiger partial charge in [0, 0.05) is 5.75 Å². The van der Waals surface area contributed by atoms with Crippen molar-refractivity contribution in [2.75, 3.05) is 18.8 Å². The van der Waals surface area contributed by atoms with E-state index < -0.39 is 0 Å². The summed E-state index contributed by atoms with van der Waals surface area (Å²) in [5.74, 6) is 1.92. The van der Waals surface area contributed by atoms with E-state index in [2.05, 4.69) is 15.3 Å². The van der Waals surface area contributed by atoms with Gasteiger partial charge in [-0.1, -0.05) is 12.1 Å². The highest BCUT2D eigenvalue weighted by molar-refractivity contribution is 7.99. The van der Waals surface area contributed by atoms with Gasteiger partial charge in [0.25, 0.3) is 0 Å². The van der Waals surface area contributed by atoms with E-state index in [1.165, 1.54) is 6.42 Å². The van der Waals surface area contributed by atoms with Crippen molar-refractivity contribution in [2.24, 2.45) is 5.92 Å². The van der Waals surface area contributed by atoms with Crippen LogP contribution in [0.2, 0.25) is 0 Å². The number of thioether (sulfide) groups is 1. The fourth-order valence-electron chi connectivity index (χ4n) is 2.07. The first kappa shape index (κ1) is 11.0. The van der Waals surface area contributed by atoms with Crippen LogP contribution in [0.3, 0.4) is 0 Å². The number of fused-ring (bicyclic) bond motifs is 1. The van der Waals surface area contributed by atoms with E-state index in [9.17, 15) is 0 Å². The molecule has 0 radical (unpaired) electrons. The van der Waals surface area contributed by atoms with Gasteiger partial charge in [-0.15, -0.1) is 11.8 Å². The molecule has 4 heteroatoms. The second-order valence-electron chi connectivity index (χ2n) is 4.37. The van der Waals surface area contributed by atoms with Crippen LogP contribution in [0.1, 0.15) is 6.42 Å². The minimum Gasteiger partial charge on any atom is -0.316 e. The lowest BCUT2D eigenvalue weighted by Gasteiger charge is -2.07. The Balaban J connectivity index is 1.72. The van der Waals surface area contributed by atoms with E-state index in [1.54, 1.807) is 0 Å². The molecule has 0 unspecified atom stereocenters. The number of aromatic nitrogens is 2. The van der Waals surface area contributed by atoms with E-state index >= 15 is 0 Å². The molecule has 1 saturated heterocycles. The van der Waals surface area contributed by atoms with Crippen LogP contribution in [0.5, 0.6) is 0 Å². The summed E-state index contributed by atoms with van der Waals surface area (Å²) >= 11 is 1.82. The molecule has 0 saturated carbocycles. The summed E-state index contributed by atoms with van der Waals surface area (Å²) < 4.78 is 0. The summed E-state index contributed by atoms with van der Waals surface area (Å²) in [4.78, 5) is 9.04. The molecule has 1 aliphatic heterocycles. The van der Waals surface area contributed by atoms with Crippen LogP contribution in [-0.4, -0.2) is 28.8 Å². The molecule has 0 bridgehead atoms. The number of para-hydroxylation sites is 2. The maximum Gasteiger partial charge on any atom is 0.115 e. The van der Waals surface area contributed by atoms with Gasteiger partial charge in [-0.3, -0.25) is 4.98 Å². The molecule has 1 N–H and O–H groups in total. The van der Waals surface area contributed by atoms with Gasteiger partial charge in [0.2, 0.25) is 0 Å². The zero-order chi connectivity index (χ0) is 11.5. The van der Waals surface area contributed by atoms with E-state index in [-0.39, 0.29) is 0 Å². The van der Waals surface area contributed by atoms with Crippen molar-refractivity contribution in [1.82, 2.24) is 15.3 Å². The SMILES string of the molecule is c1ccc2nc(SC[C@@H]3CCNC3)cnc2c1. The Kier molecular flexibility index (Phi) is 3.25. The number of nitrogens with zero attached hydrogens (tertiary/aromatic N) is 2. The monoisotopic (exact) mass is 245 g/mol. The summed E-state index contributed by atoms with van der Waals surface area (Å²) in [7, 11) is 0. The highest BCUT2D eigenvalue weighted by Crippen LogP contribution is 2.22. The molecule has 0 amide bonds. The largest absolute Gasteiger partial charge is 0.316 e. The van der Waals surface area contributed by atoms with Crippen LogP contribution < -0.4 is 5.32 Å². The normalized spacial score (nSPS) is 19.9. The summed E-state index contributed by atoms with van der Waals surface area (Å²) in [5.41, 5.74) is 1.96. The molecule has 1 aromatic carbocycles. The van der Waals surface area contributed by atoms with E-state index in [0.717, 1.165) is 40.8 Å². The molecule has 0 aliphatic carbocycles. The minimum absolute atomic E-state index is 0.785. The number of nitrogens with one attached hydrogen (secondary N) is 1. The second-order valence-corrected chi connectivity index (χ2v) is 5.41. The fraction of sp³-hybridized carbons (Fsp3) is 0.385. The molecule has 17 heavy (non-hydrogen) atoms. The van der Waals surface area contributed by atoms with Crippen molar-refractivity contribution < 1.29 is 0 Å². The first-order valence-electron chi connectivity index (χ1n) is 5.97. The number of rotatable bonds is 3. The zero-order valence-electron chi connectivity index (χ0n) is 9.60. The lowest BCUT2D eigenvalue weighted by molar-refractivity contribution is 0.662. The second kappa shape index (κ2) is 5.02. The van der Waals surface area contributed by atoms with Crippen LogP contribution in [0.25, 0.3) is 11.0 Å². The van der Waals surface area contributed by atoms with Gasteiger partial charge in [0.1, 0.15) is 5.03 Å². The van der Waals surface area contributed by atoms with Crippen LogP contribution >= 0.6 is 11.8 Å². The molecule has 3 nitrogen and oxygen atoms in total. The molecule has 1 atom stereocenters. The Labute approximate surface area is 105 Å². The van der Waals surface area contributed by atoms with E-state index in [4.69, 9.17) is 0 Å². The third-order valence-corrected chi connectivity index (χ3v) is 4.19. The molecular weight excluding hydrogens is 230 g/mol. The van der Waals surface area contributed by atoms with Gasteiger partial charge in [-0.2, -0.15) is 0 Å². The summed E-state index contributed by atoms with van der Waals surface area (Å²) in [5, 5.41) is 4.43. The van der Waals surface area contributed by atoms with Crippen molar-refractivity contribution >= 4 is 22.8 Å². The molecule has 0 spiro atoms. The Morgan fingerprint density at radius 2 is 2.18 bits per heavy atom. The third-order valence-electron chi connectivity index (χ3n) is 3.06. The van der Waals surface area contributed by atoms with Crippen LogP contribution in [0.4, 0.5) is 0 Å². The predicted molar refractivity (Wildman–Crippen MR) is 71.2 cm³/mol. The molecule has 1 fully saturated rings. The highest BCUT2D eigenvalue weighted by atomic mass is 32.2. The smallest absolute Gasteiger partial charge is 0.115 e. The van der Waals surface area contributed by atoms with Gasteiger partial charge in [0.15, 0.2) is 0 Å². The Morgan fingerprint density at radius 1 is 1.29 bits per heavy atom. The van der Waals surface area contributed by atoms with Gasteiger partial charge < -0.3 is 5.32 Å². The lowest BCUT2D eigenvalue weighted by Crippen LogP contribution is -2.10. The number of benzene rings is 1. The molecule has 88 valence electrons. The van der Waals surface area contributed by atoms with Gasteiger partial charge in [-0.05, 0) is 37.6 Å². The van der Waals surface area contributed by atoms with Gasteiger partial charge >= 0.3 is 0 Å². The number of hydrogen-bond acceptors (Lipinski definition) is 4. The lowest BCUT2D eigenvalue weighted by atomic mass is 10.2. The quantitative estimate of drug-likeness (QED) is 0.842.